The summed E-state index contributed by atoms with van der Waals surface area (Å²) in [6.07, 6.45) is 0. The summed E-state index contributed by atoms with van der Waals surface area (Å²) in [6, 6.07) is 0. The summed E-state index contributed by atoms with van der Waals surface area (Å²) in [5.41, 5.74) is -0.464. The van der Waals surface area contributed by atoms with Crippen molar-refractivity contribution in [1.29, 1.82) is 0 Å². The average Bonchev–Trinajstić information content (AvgIpc) is 2.50. The molecule has 0 aliphatic heterocycles. The Labute approximate surface area is 166 Å². The molecule has 0 saturated carbocycles. The van der Waals surface area contributed by atoms with Crippen molar-refractivity contribution in [3.63, 3.8) is 0 Å². The first kappa shape index (κ1) is 24.6. The molecular weight excluding hydrogens is 515 g/mol. The maximum Gasteiger partial charge on any atom is 0.474 e. The van der Waals surface area contributed by atoms with Crippen LogP contribution in [0.2, 0.25) is 0 Å². The van der Waals surface area contributed by atoms with Crippen LogP contribution in [0.3, 0.4) is 0 Å². The van der Waals surface area contributed by atoms with Crippen molar-refractivity contribution < 1.29 is 18.1 Å². The van der Waals surface area contributed by atoms with Gasteiger partial charge in [0.15, 0.2) is 0 Å². The minimum atomic E-state index is -3.61. The molecule has 0 saturated heterocycles. The zero-order valence-electron chi connectivity index (χ0n) is 15.0. The SMILES string of the molecule is CC(C)(CBr)COP(=O)(OCC(C)(C)CBr)OCC(C)(C)CBr. The molecule has 0 unspecified atom stereocenters. The molecule has 0 aliphatic rings. The lowest BCUT2D eigenvalue weighted by atomic mass is 9.99. The molecule has 0 rings (SSSR count). The van der Waals surface area contributed by atoms with Crippen molar-refractivity contribution in [2.45, 2.75) is 41.5 Å². The Kier molecular flexibility index (Phi) is 10.7. The molecule has 0 radical (unpaired) electrons. The van der Waals surface area contributed by atoms with Gasteiger partial charge in [0.25, 0.3) is 0 Å². The van der Waals surface area contributed by atoms with Gasteiger partial charge in [-0.15, -0.1) is 0 Å². The lowest BCUT2D eigenvalue weighted by Gasteiger charge is -2.30. The van der Waals surface area contributed by atoms with E-state index in [4.69, 9.17) is 13.6 Å². The monoisotopic (exact) mass is 542 g/mol. The first-order valence-electron chi connectivity index (χ1n) is 7.52. The van der Waals surface area contributed by atoms with Crippen molar-refractivity contribution in [2.24, 2.45) is 16.2 Å². The second-order valence-corrected chi connectivity index (χ2v) is 11.5. The normalized spacial score (nSPS) is 14.3. The zero-order valence-corrected chi connectivity index (χ0v) is 20.6. The van der Waals surface area contributed by atoms with Crippen LogP contribution in [-0.4, -0.2) is 35.8 Å². The van der Waals surface area contributed by atoms with Crippen molar-refractivity contribution >= 4 is 55.6 Å². The maximum atomic E-state index is 13.0. The summed E-state index contributed by atoms with van der Waals surface area (Å²) in [7, 11) is -3.61. The highest BCUT2D eigenvalue weighted by molar-refractivity contribution is 9.09. The van der Waals surface area contributed by atoms with Gasteiger partial charge in [0.2, 0.25) is 0 Å². The molecule has 4 nitrogen and oxygen atoms in total. The van der Waals surface area contributed by atoms with Gasteiger partial charge in [-0.2, -0.15) is 0 Å². The average molecular weight is 545 g/mol. The molecule has 0 N–H and O–H groups in total. The Morgan fingerprint density at radius 3 is 1.04 bits per heavy atom. The van der Waals surface area contributed by atoms with E-state index < -0.39 is 7.82 Å². The zero-order chi connectivity index (χ0) is 18.4. The van der Waals surface area contributed by atoms with Gasteiger partial charge in [-0.25, -0.2) is 4.57 Å². The molecule has 23 heavy (non-hydrogen) atoms. The van der Waals surface area contributed by atoms with Crippen LogP contribution in [0.15, 0.2) is 0 Å². The van der Waals surface area contributed by atoms with E-state index in [9.17, 15) is 4.57 Å². The topological polar surface area (TPSA) is 44.8 Å². The van der Waals surface area contributed by atoms with Crippen LogP contribution in [0.25, 0.3) is 0 Å². The summed E-state index contributed by atoms with van der Waals surface area (Å²) < 4.78 is 29.8. The molecule has 0 amide bonds. The van der Waals surface area contributed by atoms with Crippen LogP contribution in [0.4, 0.5) is 0 Å². The molecule has 140 valence electrons. The summed E-state index contributed by atoms with van der Waals surface area (Å²) in [6.45, 7) is 13.0. The Hall–Kier alpha value is 1.55. The van der Waals surface area contributed by atoms with Crippen LogP contribution < -0.4 is 0 Å². The number of rotatable bonds is 12. The Bertz CT molecular complexity index is 343. The first-order valence-corrected chi connectivity index (χ1v) is 12.3. The fourth-order valence-electron chi connectivity index (χ4n) is 0.989. The highest BCUT2D eigenvalue weighted by Gasteiger charge is 2.34. The molecule has 0 fully saturated rings. The largest absolute Gasteiger partial charge is 0.474 e. The molecule has 0 aromatic rings. The lowest BCUT2D eigenvalue weighted by molar-refractivity contribution is 0.0530. The van der Waals surface area contributed by atoms with E-state index >= 15 is 0 Å². The third-order valence-corrected chi connectivity index (χ3v) is 8.82. The molecule has 0 aromatic heterocycles. The fraction of sp³-hybridized carbons (Fsp3) is 1.00. The quantitative estimate of drug-likeness (QED) is 0.210. The van der Waals surface area contributed by atoms with Gasteiger partial charge in [-0.05, 0) is 16.2 Å². The molecule has 0 aromatic carbocycles. The van der Waals surface area contributed by atoms with Gasteiger partial charge in [-0.3, -0.25) is 13.6 Å². The number of alkyl halides is 3. The third-order valence-electron chi connectivity index (χ3n) is 2.93. The van der Waals surface area contributed by atoms with E-state index in [-0.39, 0.29) is 16.2 Å². The molecule has 0 aliphatic carbocycles. The van der Waals surface area contributed by atoms with Gasteiger partial charge >= 0.3 is 7.82 Å². The predicted octanol–water partition coefficient (Wildman–Crippen LogP) is 6.41. The molecule has 8 heteroatoms. The molecule has 0 spiro atoms. The standard InChI is InChI=1S/C15H30Br3O4P/c1-13(2,7-16)10-20-23(19,21-11-14(3,4)8-17)22-12-15(5,6)9-18/h7-12H2,1-6H3. The summed E-state index contributed by atoms with van der Waals surface area (Å²) in [5, 5.41) is 2.21. The molecular formula is C15H30Br3O4P. The number of hydrogen-bond acceptors (Lipinski definition) is 4. The first-order chi connectivity index (χ1) is 10.3. The maximum absolute atomic E-state index is 13.0. The van der Waals surface area contributed by atoms with E-state index in [1.165, 1.54) is 0 Å². The summed E-state index contributed by atoms with van der Waals surface area (Å²) in [4.78, 5) is 0. The highest BCUT2D eigenvalue weighted by atomic mass is 79.9. The third kappa shape index (κ3) is 11.0. The lowest BCUT2D eigenvalue weighted by Crippen LogP contribution is -2.26. The Morgan fingerprint density at radius 1 is 0.652 bits per heavy atom. The highest BCUT2D eigenvalue weighted by Crippen LogP contribution is 2.52. The number of halogens is 3. The van der Waals surface area contributed by atoms with Gasteiger partial charge in [-0.1, -0.05) is 89.3 Å². The minimum Gasteiger partial charge on any atom is -0.286 e. The van der Waals surface area contributed by atoms with Gasteiger partial charge in [0.05, 0.1) is 19.8 Å². The van der Waals surface area contributed by atoms with Crippen molar-refractivity contribution in [3.05, 3.63) is 0 Å². The molecule has 0 heterocycles. The van der Waals surface area contributed by atoms with Crippen molar-refractivity contribution in [3.8, 4) is 0 Å². The van der Waals surface area contributed by atoms with Crippen LogP contribution in [0, 0.1) is 16.2 Å². The smallest absolute Gasteiger partial charge is 0.286 e. The summed E-state index contributed by atoms with van der Waals surface area (Å²) >= 11 is 10.3. The van der Waals surface area contributed by atoms with Crippen molar-refractivity contribution in [1.82, 2.24) is 0 Å². The molecule has 0 atom stereocenters. The number of phosphoric acid groups is 1. The van der Waals surface area contributed by atoms with Crippen LogP contribution in [-0.2, 0) is 18.1 Å². The van der Waals surface area contributed by atoms with Crippen LogP contribution in [0.5, 0.6) is 0 Å². The van der Waals surface area contributed by atoms with Gasteiger partial charge in [0.1, 0.15) is 0 Å². The fourth-order valence-corrected chi connectivity index (χ4v) is 3.22. The molecule has 0 bridgehead atoms. The van der Waals surface area contributed by atoms with E-state index in [2.05, 4.69) is 47.8 Å². The predicted molar refractivity (Wildman–Crippen MR) is 108 cm³/mol. The van der Waals surface area contributed by atoms with E-state index in [0.717, 1.165) is 16.0 Å². The second kappa shape index (κ2) is 10.0. The van der Waals surface area contributed by atoms with E-state index in [1.807, 2.05) is 41.5 Å². The number of phosphoric ester groups is 1. The van der Waals surface area contributed by atoms with Gasteiger partial charge < -0.3 is 0 Å². The van der Waals surface area contributed by atoms with Gasteiger partial charge in [0, 0.05) is 16.0 Å². The number of hydrogen-bond donors (Lipinski definition) is 0. The van der Waals surface area contributed by atoms with Crippen LogP contribution >= 0.6 is 55.6 Å². The Morgan fingerprint density at radius 2 is 0.870 bits per heavy atom. The Balaban J connectivity index is 4.93. The van der Waals surface area contributed by atoms with Crippen LogP contribution in [0.1, 0.15) is 41.5 Å². The van der Waals surface area contributed by atoms with E-state index in [0.29, 0.717) is 19.8 Å². The van der Waals surface area contributed by atoms with Crippen molar-refractivity contribution in [2.75, 3.05) is 35.8 Å². The second-order valence-electron chi connectivity index (χ2n) is 8.16. The minimum absolute atomic E-state index is 0.155. The summed E-state index contributed by atoms with van der Waals surface area (Å²) in [5.74, 6) is 0. The van der Waals surface area contributed by atoms with E-state index in [1.54, 1.807) is 0 Å².